The summed E-state index contributed by atoms with van der Waals surface area (Å²) >= 11 is 6.08. The largest absolute Gasteiger partial charge is 0.397 e. The predicted octanol–water partition coefficient (Wildman–Crippen LogP) is 11.9. The SMILES string of the molecule is Brc1ccc2c3ccccc3c3nsnc3c2c1.Nc1c(N)c2ccccc2c2ccccc12.c1ccc2c(c1)c1ccccc1c1nsnc21. The third kappa shape index (κ3) is 5.29. The molecule has 51 heavy (non-hydrogen) atoms. The van der Waals surface area contributed by atoms with Crippen LogP contribution < -0.4 is 11.5 Å². The minimum Gasteiger partial charge on any atom is -0.397 e. The van der Waals surface area contributed by atoms with Gasteiger partial charge in [0, 0.05) is 36.8 Å². The lowest BCUT2D eigenvalue weighted by Crippen LogP contribution is -1.97. The summed E-state index contributed by atoms with van der Waals surface area (Å²) in [7, 11) is 0. The number of benzene rings is 9. The Bertz CT molecular complexity index is 2970. The highest BCUT2D eigenvalue weighted by Crippen LogP contribution is 2.37. The fraction of sp³-hybridized carbons (Fsp3) is 0. The molecule has 0 fully saturated rings. The van der Waals surface area contributed by atoms with Gasteiger partial charge in [0.05, 0.1) is 34.8 Å². The van der Waals surface area contributed by atoms with Gasteiger partial charge in [-0.25, -0.2) is 0 Å². The molecule has 0 amide bonds. The van der Waals surface area contributed by atoms with E-state index in [0.29, 0.717) is 11.4 Å². The van der Waals surface area contributed by atoms with Crippen LogP contribution in [0.15, 0.2) is 144 Å². The molecule has 6 nitrogen and oxygen atoms in total. The van der Waals surface area contributed by atoms with E-state index in [9.17, 15) is 0 Å². The first-order chi connectivity index (χ1) is 25.1. The first-order valence-electron chi connectivity index (χ1n) is 16.3. The van der Waals surface area contributed by atoms with Gasteiger partial charge in [0.2, 0.25) is 0 Å². The Balaban J connectivity index is 0.000000103. The predicted molar refractivity (Wildman–Crippen MR) is 223 cm³/mol. The zero-order valence-corrected chi connectivity index (χ0v) is 30.1. The molecule has 11 rings (SSSR count). The summed E-state index contributed by atoms with van der Waals surface area (Å²) in [4.78, 5) is 0. The van der Waals surface area contributed by atoms with E-state index in [1.165, 1.54) is 61.2 Å². The first kappa shape index (κ1) is 31.3. The molecule has 9 heteroatoms. The summed E-state index contributed by atoms with van der Waals surface area (Å²) in [6.07, 6.45) is 0. The Kier molecular flexibility index (Phi) is 7.88. The van der Waals surface area contributed by atoms with Gasteiger partial charge < -0.3 is 11.5 Å². The number of hydrogen-bond donors (Lipinski definition) is 2. The lowest BCUT2D eigenvalue weighted by molar-refractivity contribution is 1.68. The van der Waals surface area contributed by atoms with E-state index in [-0.39, 0.29) is 0 Å². The van der Waals surface area contributed by atoms with Gasteiger partial charge in [-0.15, -0.1) is 0 Å². The van der Waals surface area contributed by atoms with Crippen LogP contribution in [-0.2, 0) is 0 Å². The van der Waals surface area contributed by atoms with Gasteiger partial charge in [-0.1, -0.05) is 143 Å². The number of fused-ring (bicyclic) bond motifs is 15. The maximum atomic E-state index is 6.06. The molecule has 0 aliphatic heterocycles. The maximum Gasteiger partial charge on any atom is 0.113 e. The normalized spacial score (nSPS) is 11.4. The number of hydrogen-bond acceptors (Lipinski definition) is 8. The second-order valence-corrected chi connectivity index (χ2v) is 14.1. The van der Waals surface area contributed by atoms with Crippen molar-refractivity contribution in [3.63, 3.8) is 0 Å². The maximum absolute atomic E-state index is 6.06. The molecule has 9 aromatic carbocycles. The van der Waals surface area contributed by atoms with Crippen molar-refractivity contribution in [2.75, 3.05) is 11.5 Å². The van der Waals surface area contributed by atoms with Crippen molar-refractivity contribution in [1.82, 2.24) is 17.5 Å². The second kappa shape index (κ2) is 12.9. The molecule has 0 spiro atoms. The van der Waals surface area contributed by atoms with E-state index in [4.69, 9.17) is 11.5 Å². The number of nitrogens with zero attached hydrogens (tertiary/aromatic N) is 4. The third-order valence-corrected chi connectivity index (χ3v) is 10.9. The molecule has 11 aromatic rings. The number of nitrogen functional groups attached to an aromatic ring is 2. The molecule has 0 aliphatic carbocycles. The van der Waals surface area contributed by atoms with E-state index in [1.807, 2.05) is 42.5 Å². The van der Waals surface area contributed by atoms with Crippen LogP contribution >= 0.6 is 39.4 Å². The van der Waals surface area contributed by atoms with E-state index < -0.39 is 0 Å². The highest BCUT2D eigenvalue weighted by atomic mass is 79.9. The highest BCUT2D eigenvalue weighted by Gasteiger charge is 2.13. The lowest BCUT2D eigenvalue weighted by atomic mass is 9.99. The van der Waals surface area contributed by atoms with Crippen LogP contribution in [0.4, 0.5) is 11.4 Å². The quantitative estimate of drug-likeness (QED) is 0.0906. The molecule has 0 bridgehead atoms. The molecular formula is C42H27BrN6S2. The summed E-state index contributed by atoms with van der Waals surface area (Å²) in [6.45, 7) is 0. The van der Waals surface area contributed by atoms with Crippen LogP contribution in [0.3, 0.4) is 0 Å². The van der Waals surface area contributed by atoms with Crippen molar-refractivity contribution in [2.45, 2.75) is 0 Å². The number of nitrogens with two attached hydrogens (primary N) is 2. The standard InChI is InChI=1S/C14H7BrN2S.C14H8N2S.C14H12N2/c15-8-5-6-10-9-3-1-2-4-11(9)13-14(12(10)7-8)17-18-16-13;1-3-7-11-9(5-1)10-6-2-4-8-12(10)14-13(11)15-17-16-14;15-13-11-7-3-1-5-9(11)10-6-2-4-8-12(10)14(13)16/h1-7H;1-8H;1-8H,15-16H2. The first-order valence-corrected chi connectivity index (χ1v) is 18.5. The van der Waals surface area contributed by atoms with Gasteiger partial charge in [0.15, 0.2) is 0 Å². The smallest absolute Gasteiger partial charge is 0.113 e. The van der Waals surface area contributed by atoms with E-state index in [1.54, 1.807) is 0 Å². The van der Waals surface area contributed by atoms with E-state index >= 15 is 0 Å². The zero-order chi connectivity index (χ0) is 34.5. The Morgan fingerprint density at radius 3 is 0.980 bits per heavy atom. The molecule has 2 aromatic heterocycles. The van der Waals surface area contributed by atoms with Gasteiger partial charge in [-0.2, -0.15) is 17.5 Å². The molecule has 244 valence electrons. The molecule has 4 N–H and O–H groups in total. The lowest BCUT2D eigenvalue weighted by Gasteiger charge is -2.10. The average Bonchev–Trinajstić information content (AvgIpc) is 3.90. The van der Waals surface area contributed by atoms with Crippen LogP contribution in [0.1, 0.15) is 0 Å². The molecule has 0 aliphatic rings. The Morgan fingerprint density at radius 1 is 0.333 bits per heavy atom. The average molecular weight is 760 g/mol. The fourth-order valence-corrected chi connectivity index (χ4v) is 8.51. The van der Waals surface area contributed by atoms with Crippen molar-refractivity contribution < 1.29 is 0 Å². The molecule has 2 heterocycles. The van der Waals surface area contributed by atoms with Crippen LogP contribution in [0, 0.1) is 0 Å². The molecule has 0 atom stereocenters. The Hall–Kier alpha value is -5.74. The summed E-state index contributed by atoms with van der Waals surface area (Å²) < 4.78 is 18.8. The van der Waals surface area contributed by atoms with Gasteiger partial charge in [-0.05, 0) is 44.5 Å². The number of rotatable bonds is 0. The number of halogens is 1. The highest BCUT2D eigenvalue weighted by molar-refractivity contribution is 9.10. The Labute approximate surface area is 308 Å². The van der Waals surface area contributed by atoms with Gasteiger partial charge in [0.1, 0.15) is 22.1 Å². The molecule has 0 saturated heterocycles. The summed E-state index contributed by atoms with van der Waals surface area (Å²) in [6, 6.07) is 47.6. The molecule has 0 radical (unpaired) electrons. The van der Waals surface area contributed by atoms with Crippen molar-refractivity contribution >= 4 is 137 Å². The van der Waals surface area contributed by atoms with Crippen LogP contribution in [0.5, 0.6) is 0 Å². The second-order valence-electron chi connectivity index (χ2n) is 12.2. The van der Waals surface area contributed by atoms with Crippen molar-refractivity contribution in [1.29, 1.82) is 0 Å². The number of aromatic nitrogens is 4. The van der Waals surface area contributed by atoms with Crippen LogP contribution in [0.25, 0.3) is 86.7 Å². The Morgan fingerprint density at radius 2 is 0.608 bits per heavy atom. The van der Waals surface area contributed by atoms with Crippen molar-refractivity contribution in [3.05, 3.63) is 144 Å². The summed E-state index contributed by atoms with van der Waals surface area (Å²) in [5.74, 6) is 0. The van der Waals surface area contributed by atoms with Gasteiger partial charge >= 0.3 is 0 Å². The number of anilines is 2. The van der Waals surface area contributed by atoms with Gasteiger partial charge in [-0.3, -0.25) is 0 Å². The third-order valence-electron chi connectivity index (χ3n) is 9.36. The minimum absolute atomic E-state index is 0.675. The zero-order valence-electron chi connectivity index (χ0n) is 26.9. The minimum atomic E-state index is 0.675. The fourth-order valence-electron chi connectivity index (χ4n) is 7.00. The topological polar surface area (TPSA) is 104 Å². The molecule has 0 unspecified atom stereocenters. The van der Waals surface area contributed by atoms with E-state index in [0.717, 1.165) is 53.5 Å². The summed E-state index contributed by atoms with van der Waals surface area (Å²) in [5.41, 5.74) is 17.5. The monoisotopic (exact) mass is 758 g/mol. The van der Waals surface area contributed by atoms with Gasteiger partial charge in [0.25, 0.3) is 0 Å². The molecule has 0 saturated carbocycles. The molecular weight excluding hydrogens is 733 g/mol. The van der Waals surface area contributed by atoms with E-state index in [2.05, 4.69) is 130 Å². The van der Waals surface area contributed by atoms with Crippen LogP contribution in [0.2, 0.25) is 0 Å². The van der Waals surface area contributed by atoms with Crippen molar-refractivity contribution in [2.24, 2.45) is 0 Å². The summed E-state index contributed by atoms with van der Waals surface area (Å²) in [5, 5.41) is 14.1. The van der Waals surface area contributed by atoms with Crippen LogP contribution in [-0.4, -0.2) is 17.5 Å². The van der Waals surface area contributed by atoms with Crippen molar-refractivity contribution in [3.8, 4) is 0 Å².